The van der Waals surface area contributed by atoms with Gasteiger partial charge in [-0.2, -0.15) is 0 Å². The molecule has 6 heteroatoms. The molecular formula is C14H18N4OS. The lowest BCUT2D eigenvalue weighted by Crippen LogP contribution is -2.14. The van der Waals surface area contributed by atoms with Crippen molar-refractivity contribution in [1.29, 1.82) is 0 Å². The Kier molecular flexibility index (Phi) is 4.68. The van der Waals surface area contributed by atoms with E-state index < -0.39 is 0 Å². The van der Waals surface area contributed by atoms with Crippen molar-refractivity contribution in [2.45, 2.75) is 26.7 Å². The molecular weight excluding hydrogens is 272 g/mol. The van der Waals surface area contributed by atoms with E-state index in [1.54, 1.807) is 12.3 Å². The SMILES string of the molecule is CCNc1ccnc(C(=O)Nc2nc(C(C)C)cs2)c1. The molecule has 0 bridgehead atoms. The fraction of sp³-hybridized carbons (Fsp3) is 0.357. The van der Waals surface area contributed by atoms with E-state index in [-0.39, 0.29) is 5.91 Å². The molecule has 0 saturated heterocycles. The Labute approximate surface area is 122 Å². The van der Waals surface area contributed by atoms with Gasteiger partial charge in [0, 0.05) is 23.8 Å². The van der Waals surface area contributed by atoms with E-state index in [2.05, 4.69) is 34.4 Å². The lowest BCUT2D eigenvalue weighted by atomic mass is 10.2. The first kappa shape index (κ1) is 14.5. The van der Waals surface area contributed by atoms with Crippen LogP contribution in [-0.4, -0.2) is 22.4 Å². The average molecular weight is 290 g/mol. The summed E-state index contributed by atoms with van der Waals surface area (Å²) < 4.78 is 0. The maximum Gasteiger partial charge on any atom is 0.276 e. The third-order valence-electron chi connectivity index (χ3n) is 2.71. The smallest absolute Gasteiger partial charge is 0.276 e. The molecule has 0 unspecified atom stereocenters. The predicted octanol–water partition coefficient (Wildman–Crippen LogP) is 3.35. The number of aromatic nitrogens is 2. The molecule has 0 spiro atoms. The minimum atomic E-state index is -0.241. The monoisotopic (exact) mass is 290 g/mol. The number of amides is 1. The van der Waals surface area contributed by atoms with Crippen LogP contribution in [0.4, 0.5) is 10.8 Å². The molecule has 0 aromatic carbocycles. The second-order valence-electron chi connectivity index (χ2n) is 4.65. The normalized spacial score (nSPS) is 10.6. The van der Waals surface area contributed by atoms with Gasteiger partial charge in [0.2, 0.25) is 0 Å². The number of carbonyl (C=O) groups excluding carboxylic acids is 1. The molecule has 1 amide bonds. The Balaban J connectivity index is 2.09. The number of nitrogens with zero attached hydrogens (tertiary/aromatic N) is 2. The second kappa shape index (κ2) is 6.47. The summed E-state index contributed by atoms with van der Waals surface area (Å²) in [6.45, 7) is 6.95. The van der Waals surface area contributed by atoms with E-state index in [9.17, 15) is 4.79 Å². The molecule has 0 saturated carbocycles. The molecule has 2 rings (SSSR count). The number of nitrogens with one attached hydrogen (secondary N) is 2. The fourth-order valence-corrected chi connectivity index (χ4v) is 2.51. The first-order valence-corrected chi connectivity index (χ1v) is 7.44. The molecule has 0 aliphatic carbocycles. The van der Waals surface area contributed by atoms with E-state index in [1.807, 2.05) is 18.4 Å². The van der Waals surface area contributed by atoms with Gasteiger partial charge in [-0.3, -0.25) is 15.1 Å². The molecule has 0 atom stereocenters. The molecule has 5 nitrogen and oxygen atoms in total. The number of hydrogen-bond acceptors (Lipinski definition) is 5. The lowest BCUT2D eigenvalue weighted by Gasteiger charge is -2.05. The van der Waals surface area contributed by atoms with Crippen LogP contribution >= 0.6 is 11.3 Å². The van der Waals surface area contributed by atoms with Crippen LogP contribution in [0.25, 0.3) is 0 Å². The van der Waals surface area contributed by atoms with Gasteiger partial charge in [0.05, 0.1) is 5.69 Å². The number of anilines is 2. The van der Waals surface area contributed by atoms with E-state index in [1.165, 1.54) is 11.3 Å². The molecule has 2 aromatic rings. The van der Waals surface area contributed by atoms with Crippen molar-refractivity contribution < 1.29 is 4.79 Å². The van der Waals surface area contributed by atoms with Crippen LogP contribution in [0.5, 0.6) is 0 Å². The first-order chi connectivity index (χ1) is 9.60. The van der Waals surface area contributed by atoms with Gasteiger partial charge in [0.1, 0.15) is 5.69 Å². The van der Waals surface area contributed by atoms with Crippen LogP contribution in [0.3, 0.4) is 0 Å². The van der Waals surface area contributed by atoms with Crippen molar-refractivity contribution in [3.8, 4) is 0 Å². The second-order valence-corrected chi connectivity index (χ2v) is 5.50. The molecule has 106 valence electrons. The highest BCUT2D eigenvalue weighted by Crippen LogP contribution is 2.22. The van der Waals surface area contributed by atoms with Gasteiger partial charge in [-0.25, -0.2) is 4.98 Å². The summed E-state index contributed by atoms with van der Waals surface area (Å²) in [5.74, 6) is 0.113. The van der Waals surface area contributed by atoms with Gasteiger partial charge in [-0.1, -0.05) is 13.8 Å². The lowest BCUT2D eigenvalue weighted by molar-refractivity contribution is 0.102. The Morgan fingerprint density at radius 3 is 2.90 bits per heavy atom. The Morgan fingerprint density at radius 2 is 2.25 bits per heavy atom. The van der Waals surface area contributed by atoms with E-state index in [0.29, 0.717) is 16.7 Å². The Hall–Kier alpha value is -1.95. The molecule has 0 radical (unpaired) electrons. The van der Waals surface area contributed by atoms with Gasteiger partial charge in [0.25, 0.3) is 5.91 Å². The number of hydrogen-bond donors (Lipinski definition) is 2. The number of thiazole rings is 1. The zero-order valence-electron chi connectivity index (χ0n) is 11.8. The van der Waals surface area contributed by atoms with Crippen molar-refractivity contribution in [2.75, 3.05) is 17.2 Å². The molecule has 0 fully saturated rings. The summed E-state index contributed by atoms with van der Waals surface area (Å²) in [6, 6.07) is 3.57. The van der Waals surface area contributed by atoms with E-state index in [0.717, 1.165) is 17.9 Å². The summed E-state index contributed by atoms with van der Waals surface area (Å²) in [5, 5.41) is 8.50. The van der Waals surface area contributed by atoms with Crippen LogP contribution in [0.15, 0.2) is 23.7 Å². The van der Waals surface area contributed by atoms with Gasteiger partial charge in [0.15, 0.2) is 5.13 Å². The third kappa shape index (κ3) is 3.54. The standard InChI is InChI=1S/C14H18N4OS/c1-4-15-10-5-6-16-11(7-10)13(19)18-14-17-12(8-20-14)9(2)3/h5-9H,4H2,1-3H3,(H,15,16)(H,17,18,19). The number of carbonyl (C=O) groups is 1. The third-order valence-corrected chi connectivity index (χ3v) is 3.48. The summed E-state index contributed by atoms with van der Waals surface area (Å²) in [5.41, 5.74) is 2.25. The molecule has 20 heavy (non-hydrogen) atoms. The van der Waals surface area contributed by atoms with Gasteiger partial charge in [-0.05, 0) is 25.0 Å². The van der Waals surface area contributed by atoms with Crippen molar-refractivity contribution in [3.63, 3.8) is 0 Å². The van der Waals surface area contributed by atoms with Crippen LogP contribution in [-0.2, 0) is 0 Å². The van der Waals surface area contributed by atoms with Crippen LogP contribution in [0, 0.1) is 0 Å². The maximum absolute atomic E-state index is 12.1. The van der Waals surface area contributed by atoms with Crippen molar-refractivity contribution in [3.05, 3.63) is 35.1 Å². The molecule has 0 aliphatic heterocycles. The molecule has 2 aromatic heterocycles. The van der Waals surface area contributed by atoms with Crippen molar-refractivity contribution >= 4 is 28.1 Å². The Bertz CT molecular complexity index is 594. The zero-order chi connectivity index (χ0) is 14.5. The van der Waals surface area contributed by atoms with Crippen LogP contribution < -0.4 is 10.6 Å². The van der Waals surface area contributed by atoms with Gasteiger partial charge < -0.3 is 5.32 Å². The quantitative estimate of drug-likeness (QED) is 0.886. The Morgan fingerprint density at radius 1 is 1.45 bits per heavy atom. The van der Waals surface area contributed by atoms with Crippen LogP contribution in [0.1, 0.15) is 42.9 Å². The molecule has 2 N–H and O–H groups in total. The van der Waals surface area contributed by atoms with E-state index >= 15 is 0 Å². The first-order valence-electron chi connectivity index (χ1n) is 6.57. The summed E-state index contributed by atoms with van der Waals surface area (Å²) in [7, 11) is 0. The predicted molar refractivity (Wildman–Crippen MR) is 82.6 cm³/mol. The highest BCUT2D eigenvalue weighted by molar-refractivity contribution is 7.14. The topological polar surface area (TPSA) is 66.9 Å². The average Bonchev–Trinajstić information content (AvgIpc) is 2.88. The highest BCUT2D eigenvalue weighted by Gasteiger charge is 2.12. The molecule has 0 aliphatic rings. The largest absolute Gasteiger partial charge is 0.385 e. The minimum Gasteiger partial charge on any atom is -0.385 e. The molecule has 2 heterocycles. The number of pyridine rings is 1. The fourth-order valence-electron chi connectivity index (χ4n) is 1.64. The zero-order valence-corrected chi connectivity index (χ0v) is 12.6. The van der Waals surface area contributed by atoms with Gasteiger partial charge >= 0.3 is 0 Å². The van der Waals surface area contributed by atoms with Crippen molar-refractivity contribution in [2.24, 2.45) is 0 Å². The summed E-state index contributed by atoms with van der Waals surface area (Å²) in [6.07, 6.45) is 1.62. The number of rotatable bonds is 5. The van der Waals surface area contributed by atoms with Gasteiger partial charge in [-0.15, -0.1) is 11.3 Å². The summed E-state index contributed by atoms with van der Waals surface area (Å²) in [4.78, 5) is 20.6. The minimum absolute atomic E-state index is 0.241. The van der Waals surface area contributed by atoms with E-state index in [4.69, 9.17) is 0 Å². The van der Waals surface area contributed by atoms with Crippen LogP contribution in [0.2, 0.25) is 0 Å². The summed E-state index contributed by atoms with van der Waals surface area (Å²) >= 11 is 1.43. The van der Waals surface area contributed by atoms with Crippen molar-refractivity contribution in [1.82, 2.24) is 9.97 Å². The maximum atomic E-state index is 12.1. The highest BCUT2D eigenvalue weighted by atomic mass is 32.1.